The quantitative estimate of drug-likeness (QED) is 0.541. The van der Waals surface area contributed by atoms with Crippen LogP contribution in [0, 0.1) is 0 Å². The standard InChI is InChI=1S/C12H15ClS/c1-12(2,3)10-6-4-9(5-7-10)8-11(13)14/h4-7H,8H2,1-3H3. The van der Waals surface area contributed by atoms with Crippen LogP contribution < -0.4 is 0 Å². The highest BCUT2D eigenvalue weighted by Crippen LogP contribution is 2.22. The van der Waals surface area contributed by atoms with Crippen molar-refractivity contribution in [1.29, 1.82) is 0 Å². The molecule has 0 aliphatic rings. The summed E-state index contributed by atoms with van der Waals surface area (Å²) in [5.74, 6) is 0. The van der Waals surface area contributed by atoms with Gasteiger partial charge in [-0.15, -0.1) is 0 Å². The van der Waals surface area contributed by atoms with Crippen molar-refractivity contribution < 1.29 is 0 Å². The van der Waals surface area contributed by atoms with Crippen molar-refractivity contribution in [2.45, 2.75) is 32.6 Å². The van der Waals surface area contributed by atoms with E-state index in [1.807, 2.05) is 0 Å². The van der Waals surface area contributed by atoms with Crippen molar-refractivity contribution in [3.05, 3.63) is 35.4 Å². The van der Waals surface area contributed by atoms with E-state index in [-0.39, 0.29) is 5.41 Å². The normalized spacial score (nSPS) is 11.4. The first-order valence-corrected chi connectivity index (χ1v) is 5.46. The fourth-order valence-corrected chi connectivity index (χ4v) is 1.60. The highest BCUT2D eigenvalue weighted by Gasteiger charge is 2.12. The van der Waals surface area contributed by atoms with E-state index in [0.29, 0.717) is 10.7 Å². The van der Waals surface area contributed by atoms with E-state index >= 15 is 0 Å². The first kappa shape index (κ1) is 11.7. The van der Waals surface area contributed by atoms with Crippen LogP contribution in [0.15, 0.2) is 24.3 Å². The molecule has 1 aromatic rings. The van der Waals surface area contributed by atoms with E-state index in [0.717, 1.165) is 0 Å². The van der Waals surface area contributed by atoms with Crippen molar-refractivity contribution in [2.24, 2.45) is 0 Å². The third-order valence-corrected chi connectivity index (χ3v) is 2.44. The Balaban J connectivity index is 2.84. The van der Waals surface area contributed by atoms with Crippen molar-refractivity contribution in [3.8, 4) is 0 Å². The molecular formula is C12H15ClS. The predicted octanol–water partition coefficient (Wildman–Crippen LogP) is 4.09. The number of halogens is 1. The Kier molecular flexibility index (Phi) is 3.68. The summed E-state index contributed by atoms with van der Waals surface area (Å²) in [6.07, 6.45) is 0.682. The highest BCUT2D eigenvalue weighted by atomic mass is 35.5. The summed E-state index contributed by atoms with van der Waals surface area (Å²) in [6, 6.07) is 8.47. The molecule has 14 heavy (non-hydrogen) atoms. The lowest BCUT2D eigenvalue weighted by Crippen LogP contribution is -2.10. The molecular weight excluding hydrogens is 212 g/mol. The van der Waals surface area contributed by atoms with Crippen molar-refractivity contribution in [1.82, 2.24) is 0 Å². The summed E-state index contributed by atoms with van der Waals surface area (Å²) in [4.78, 5) is 0. The third-order valence-electron chi connectivity index (χ3n) is 2.16. The zero-order valence-corrected chi connectivity index (χ0v) is 10.4. The predicted molar refractivity (Wildman–Crippen MR) is 67.3 cm³/mol. The summed E-state index contributed by atoms with van der Waals surface area (Å²) in [6.45, 7) is 6.61. The number of thiocarbonyl (C=S) groups is 1. The fraction of sp³-hybridized carbons (Fsp3) is 0.417. The molecule has 0 spiro atoms. The molecule has 0 saturated heterocycles. The van der Waals surface area contributed by atoms with Gasteiger partial charge in [0, 0.05) is 6.42 Å². The van der Waals surface area contributed by atoms with Gasteiger partial charge < -0.3 is 0 Å². The van der Waals surface area contributed by atoms with Crippen LogP contribution in [-0.4, -0.2) is 4.32 Å². The van der Waals surface area contributed by atoms with Crippen LogP contribution in [0.3, 0.4) is 0 Å². The van der Waals surface area contributed by atoms with Crippen LogP contribution in [-0.2, 0) is 11.8 Å². The highest BCUT2D eigenvalue weighted by molar-refractivity contribution is 7.83. The largest absolute Gasteiger partial charge is 0.0852 e. The van der Waals surface area contributed by atoms with Crippen LogP contribution in [0.4, 0.5) is 0 Å². The Hall–Kier alpha value is -0.400. The summed E-state index contributed by atoms with van der Waals surface area (Å²) in [5, 5.41) is 0. The Labute approximate surface area is 96.3 Å². The maximum atomic E-state index is 5.67. The van der Waals surface area contributed by atoms with E-state index in [4.69, 9.17) is 23.8 Å². The van der Waals surface area contributed by atoms with Gasteiger partial charge in [-0.25, -0.2) is 0 Å². The lowest BCUT2D eigenvalue weighted by molar-refractivity contribution is 0.590. The molecule has 1 aromatic carbocycles. The van der Waals surface area contributed by atoms with Crippen LogP contribution in [0.25, 0.3) is 0 Å². The monoisotopic (exact) mass is 226 g/mol. The number of benzene rings is 1. The average molecular weight is 227 g/mol. The minimum atomic E-state index is 0.208. The second-order valence-electron chi connectivity index (χ2n) is 4.48. The molecule has 0 N–H and O–H groups in total. The minimum Gasteiger partial charge on any atom is -0.0761 e. The van der Waals surface area contributed by atoms with Gasteiger partial charge in [0.25, 0.3) is 0 Å². The van der Waals surface area contributed by atoms with E-state index in [2.05, 4.69) is 45.0 Å². The number of hydrogen-bond acceptors (Lipinski definition) is 1. The van der Waals surface area contributed by atoms with Gasteiger partial charge in [0.15, 0.2) is 0 Å². The number of hydrogen-bond donors (Lipinski definition) is 0. The molecule has 0 saturated carbocycles. The van der Waals surface area contributed by atoms with Gasteiger partial charge in [-0.05, 0) is 16.5 Å². The summed E-state index contributed by atoms with van der Waals surface area (Å²) >= 11 is 10.5. The van der Waals surface area contributed by atoms with E-state index in [9.17, 15) is 0 Å². The van der Waals surface area contributed by atoms with Crippen LogP contribution in [0.1, 0.15) is 31.9 Å². The zero-order chi connectivity index (χ0) is 10.8. The van der Waals surface area contributed by atoms with Crippen LogP contribution >= 0.6 is 23.8 Å². The Morgan fingerprint density at radius 1 is 1.21 bits per heavy atom. The lowest BCUT2D eigenvalue weighted by Gasteiger charge is -2.19. The topological polar surface area (TPSA) is 0 Å². The summed E-state index contributed by atoms with van der Waals surface area (Å²) in [5.41, 5.74) is 2.72. The molecule has 0 amide bonds. The molecule has 0 nitrogen and oxygen atoms in total. The van der Waals surface area contributed by atoms with Gasteiger partial charge in [0.2, 0.25) is 0 Å². The van der Waals surface area contributed by atoms with Crippen LogP contribution in [0.5, 0.6) is 0 Å². The third kappa shape index (κ3) is 3.39. The summed E-state index contributed by atoms with van der Waals surface area (Å²) < 4.78 is 0.522. The molecule has 2 heteroatoms. The van der Waals surface area contributed by atoms with E-state index in [1.54, 1.807) is 0 Å². The van der Waals surface area contributed by atoms with Gasteiger partial charge in [-0.1, -0.05) is 68.9 Å². The Bertz CT molecular complexity index is 319. The molecule has 0 heterocycles. The smallest absolute Gasteiger partial charge is 0.0761 e. The molecule has 0 bridgehead atoms. The zero-order valence-electron chi connectivity index (χ0n) is 8.80. The SMILES string of the molecule is CC(C)(C)c1ccc(CC(=S)Cl)cc1. The van der Waals surface area contributed by atoms with Gasteiger partial charge in [-0.2, -0.15) is 0 Å². The summed E-state index contributed by atoms with van der Waals surface area (Å²) in [7, 11) is 0. The molecule has 0 aromatic heterocycles. The van der Waals surface area contributed by atoms with E-state index < -0.39 is 0 Å². The maximum Gasteiger partial charge on any atom is 0.0852 e. The second-order valence-corrected chi connectivity index (χ2v) is 5.65. The molecule has 0 aliphatic heterocycles. The Morgan fingerprint density at radius 3 is 2.07 bits per heavy atom. The fourth-order valence-electron chi connectivity index (χ4n) is 1.28. The molecule has 0 atom stereocenters. The second kappa shape index (κ2) is 4.41. The van der Waals surface area contributed by atoms with Gasteiger partial charge in [0.1, 0.15) is 0 Å². The minimum absolute atomic E-state index is 0.208. The molecule has 0 aliphatic carbocycles. The first-order chi connectivity index (χ1) is 6.39. The molecule has 0 unspecified atom stereocenters. The van der Waals surface area contributed by atoms with Gasteiger partial charge in [-0.3, -0.25) is 0 Å². The molecule has 1 rings (SSSR count). The average Bonchev–Trinajstić information content (AvgIpc) is 2.02. The molecule has 0 radical (unpaired) electrons. The van der Waals surface area contributed by atoms with Crippen molar-refractivity contribution in [3.63, 3.8) is 0 Å². The molecule has 0 fully saturated rings. The first-order valence-electron chi connectivity index (χ1n) is 4.67. The van der Waals surface area contributed by atoms with Crippen molar-refractivity contribution >= 4 is 28.1 Å². The van der Waals surface area contributed by atoms with Gasteiger partial charge in [0.05, 0.1) is 4.32 Å². The van der Waals surface area contributed by atoms with Crippen LogP contribution in [0.2, 0.25) is 0 Å². The Morgan fingerprint density at radius 2 is 1.71 bits per heavy atom. The molecule has 76 valence electrons. The van der Waals surface area contributed by atoms with Gasteiger partial charge >= 0.3 is 0 Å². The van der Waals surface area contributed by atoms with Crippen molar-refractivity contribution in [2.75, 3.05) is 0 Å². The maximum absolute atomic E-state index is 5.67. The lowest BCUT2D eigenvalue weighted by atomic mass is 9.86. The number of rotatable bonds is 2. The van der Waals surface area contributed by atoms with E-state index in [1.165, 1.54) is 11.1 Å².